The second kappa shape index (κ2) is 16.1. The van der Waals surface area contributed by atoms with Crippen molar-refractivity contribution in [2.75, 3.05) is 0 Å². The lowest BCUT2D eigenvalue weighted by Crippen LogP contribution is -2.07. The first kappa shape index (κ1) is 37.9. The lowest BCUT2D eigenvalue weighted by Gasteiger charge is -2.20. The highest BCUT2D eigenvalue weighted by atomic mass is 16.3. The standard InChI is InChI=1S/C58H43N3O2/c1-38(39(2)60-58(43-25-13-6-14-26-43)59-37-41-21-9-4-10-22-41)33-47(42-23-11-5-12-24-42)52(34-40-19-7-3-8-20-40)61-50-29-17-15-28-46(50)56-51(61)32-31-45-49-35-48-44-27-16-18-30-53(44)62-54(48)36-55(49)63-57(45)56/h3-4,6-11,13-33,35-37H,2,5,12,34H2,1H3/b38-33+,52-47-,59-37?,60-58?. The van der Waals surface area contributed by atoms with Crippen molar-refractivity contribution >= 4 is 83.4 Å². The molecule has 5 heteroatoms. The molecule has 63 heavy (non-hydrogen) atoms. The summed E-state index contributed by atoms with van der Waals surface area (Å²) in [7, 11) is 0. The lowest BCUT2D eigenvalue weighted by atomic mass is 9.93. The number of aromatic nitrogens is 1. The molecule has 0 atom stereocenters. The Morgan fingerprint density at radius 3 is 2.14 bits per heavy atom. The maximum Gasteiger partial charge on any atom is 0.159 e. The number of furan rings is 2. The van der Waals surface area contributed by atoms with Gasteiger partial charge in [0.25, 0.3) is 0 Å². The number of rotatable bonds is 9. The number of hydrogen-bond donors (Lipinski definition) is 0. The summed E-state index contributed by atoms with van der Waals surface area (Å²) in [6, 6.07) is 56.6. The van der Waals surface area contributed by atoms with Gasteiger partial charge in [-0.3, -0.25) is 0 Å². The molecule has 0 spiro atoms. The third-order valence-corrected chi connectivity index (χ3v) is 12.1. The van der Waals surface area contributed by atoms with Gasteiger partial charge in [0.15, 0.2) is 5.84 Å². The Balaban J connectivity index is 1.14. The average Bonchev–Trinajstić information content (AvgIpc) is 4.00. The van der Waals surface area contributed by atoms with Crippen LogP contribution in [0.4, 0.5) is 0 Å². The Morgan fingerprint density at radius 1 is 0.651 bits per heavy atom. The van der Waals surface area contributed by atoms with Gasteiger partial charge in [0, 0.05) is 62.5 Å². The molecule has 10 aromatic rings. The molecule has 0 amide bonds. The van der Waals surface area contributed by atoms with E-state index in [0.717, 1.165) is 106 Å². The topological polar surface area (TPSA) is 55.9 Å². The summed E-state index contributed by atoms with van der Waals surface area (Å²) in [5.74, 6) is 0.599. The highest BCUT2D eigenvalue weighted by Crippen LogP contribution is 2.44. The SMILES string of the molecule is C=C(N=C(N=Cc1ccccc1)c1ccccc1)/C(C)=C/C(C1=CCCC=C1)=C(\Cc1ccccc1)n1c2ccccc2c2c3oc4cc5oc6ccccc6c5cc4c3ccc21. The van der Waals surface area contributed by atoms with Gasteiger partial charge in [-0.1, -0.05) is 152 Å². The van der Waals surface area contributed by atoms with E-state index in [1.54, 1.807) is 0 Å². The van der Waals surface area contributed by atoms with Gasteiger partial charge in [0.1, 0.15) is 22.3 Å². The minimum absolute atomic E-state index is 0.599. The predicted octanol–water partition coefficient (Wildman–Crippen LogP) is 15.3. The molecule has 0 saturated heterocycles. The van der Waals surface area contributed by atoms with E-state index in [1.807, 2.05) is 79.0 Å². The molecule has 0 unspecified atom stereocenters. The molecule has 11 rings (SSSR count). The van der Waals surface area contributed by atoms with Gasteiger partial charge in [0.05, 0.1) is 22.1 Å². The third kappa shape index (κ3) is 7.04. The highest BCUT2D eigenvalue weighted by Gasteiger charge is 2.23. The largest absolute Gasteiger partial charge is 0.456 e. The first-order valence-corrected chi connectivity index (χ1v) is 21.5. The molecule has 1 aliphatic rings. The number of nitrogens with zero attached hydrogens (tertiary/aromatic N) is 3. The zero-order chi connectivity index (χ0) is 42.3. The summed E-state index contributed by atoms with van der Waals surface area (Å²) < 4.78 is 15.7. The van der Waals surface area contributed by atoms with Crippen molar-refractivity contribution in [1.29, 1.82) is 0 Å². The van der Waals surface area contributed by atoms with Crippen LogP contribution >= 0.6 is 0 Å². The van der Waals surface area contributed by atoms with Gasteiger partial charge in [-0.15, -0.1) is 0 Å². The van der Waals surface area contributed by atoms with Gasteiger partial charge in [-0.05, 0) is 78.4 Å². The molecule has 0 N–H and O–H groups in total. The molecule has 7 aromatic carbocycles. The fourth-order valence-electron chi connectivity index (χ4n) is 8.97. The molecule has 0 fully saturated rings. The van der Waals surface area contributed by atoms with E-state index in [9.17, 15) is 0 Å². The van der Waals surface area contributed by atoms with Crippen LogP contribution in [0.15, 0.2) is 236 Å². The van der Waals surface area contributed by atoms with Crippen LogP contribution in [0.2, 0.25) is 0 Å². The van der Waals surface area contributed by atoms with Crippen LogP contribution in [0.1, 0.15) is 36.5 Å². The van der Waals surface area contributed by atoms with Crippen LogP contribution in [0.5, 0.6) is 0 Å². The van der Waals surface area contributed by atoms with E-state index >= 15 is 0 Å². The van der Waals surface area contributed by atoms with Gasteiger partial charge in [-0.2, -0.15) is 0 Å². The molecular weight excluding hydrogens is 771 g/mol. The van der Waals surface area contributed by atoms with Crippen LogP contribution in [-0.2, 0) is 6.42 Å². The monoisotopic (exact) mass is 813 g/mol. The number of allylic oxidation sites excluding steroid dienone is 8. The van der Waals surface area contributed by atoms with E-state index in [1.165, 1.54) is 11.1 Å². The number of fused-ring (bicyclic) bond motifs is 10. The maximum atomic E-state index is 6.92. The van der Waals surface area contributed by atoms with Crippen molar-refractivity contribution in [3.05, 3.63) is 234 Å². The van der Waals surface area contributed by atoms with Crippen LogP contribution in [0, 0.1) is 0 Å². The Kier molecular flexibility index (Phi) is 9.70. The first-order valence-electron chi connectivity index (χ1n) is 21.5. The van der Waals surface area contributed by atoms with Crippen LogP contribution in [0.25, 0.3) is 71.4 Å². The third-order valence-electron chi connectivity index (χ3n) is 12.1. The van der Waals surface area contributed by atoms with Crippen molar-refractivity contribution in [2.24, 2.45) is 9.98 Å². The zero-order valence-corrected chi connectivity index (χ0v) is 35.0. The lowest BCUT2D eigenvalue weighted by molar-refractivity contribution is 0.658. The van der Waals surface area contributed by atoms with E-state index in [4.69, 9.17) is 18.8 Å². The van der Waals surface area contributed by atoms with E-state index in [0.29, 0.717) is 18.0 Å². The molecule has 0 aliphatic heterocycles. The number of amidine groups is 1. The van der Waals surface area contributed by atoms with Gasteiger partial charge in [-0.25, -0.2) is 9.98 Å². The second-order valence-corrected chi connectivity index (χ2v) is 16.1. The molecule has 0 radical (unpaired) electrons. The second-order valence-electron chi connectivity index (χ2n) is 16.1. The Bertz CT molecular complexity index is 3590. The van der Waals surface area contributed by atoms with Crippen molar-refractivity contribution in [3.8, 4) is 0 Å². The Hall–Kier alpha value is -8.02. The van der Waals surface area contributed by atoms with E-state index < -0.39 is 0 Å². The fourth-order valence-corrected chi connectivity index (χ4v) is 8.97. The molecule has 0 saturated carbocycles. The summed E-state index contributed by atoms with van der Waals surface area (Å²) in [4.78, 5) is 10.0. The normalized spacial score (nSPS) is 14.2. The summed E-state index contributed by atoms with van der Waals surface area (Å²) in [5.41, 5.74) is 13.7. The quantitative estimate of drug-likeness (QED) is 0.0828. The number of para-hydroxylation sites is 2. The van der Waals surface area contributed by atoms with Gasteiger partial charge >= 0.3 is 0 Å². The van der Waals surface area contributed by atoms with Crippen molar-refractivity contribution in [3.63, 3.8) is 0 Å². The van der Waals surface area contributed by atoms with Crippen LogP contribution in [-0.4, -0.2) is 16.6 Å². The highest BCUT2D eigenvalue weighted by molar-refractivity contribution is 6.25. The predicted molar refractivity (Wildman–Crippen MR) is 264 cm³/mol. The molecule has 5 nitrogen and oxygen atoms in total. The van der Waals surface area contributed by atoms with E-state index in [-0.39, 0.29) is 0 Å². The molecule has 1 aliphatic carbocycles. The molecular formula is C58H43N3O2. The number of benzene rings is 7. The minimum atomic E-state index is 0.599. The molecule has 0 bridgehead atoms. The minimum Gasteiger partial charge on any atom is -0.456 e. The summed E-state index contributed by atoms with van der Waals surface area (Å²) in [6.45, 7) is 6.65. The number of aliphatic imine (C=N–C) groups is 2. The Labute approximate surface area is 365 Å². The maximum absolute atomic E-state index is 6.92. The molecule has 3 aromatic heterocycles. The van der Waals surface area contributed by atoms with E-state index in [2.05, 4.69) is 133 Å². The van der Waals surface area contributed by atoms with Crippen molar-refractivity contribution in [2.45, 2.75) is 26.2 Å². The smallest absolute Gasteiger partial charge is 0.159 e. The van der Waals surface area contributed by atoms with Crippen molar-refractivity contribution < 1.29 is 8.83 Å². The van der Waals surface area contributed by atoms with Gasteiger partial charge in [0.2, 0.25) is 0 Å². The molecule has 302 valence electrons. The van der Waals surface area contributed by atoms with Gasteiger partial charge < -0.3 is 13.4 Å². The van der Waals surface area contributed by atoms with Crippen LogP contribution < -0.4 is 0 Å². The summed E-state index contributed by atoms with van der Waals surface area (Å²) in [5, 5.41) is 6.54. The fraction of sp³-hybridized carbons (Fsp3) is 0.0690. The van der Waals surface area contributed by atoms with Crippen LogP contribution in [0.3, 0.4) is 0 Å². The number of hydrogen-bond acceptors (Lipinski definition) is 3. The zero-order valence-electron chi connectivity index (χ0n) is 35.0. The summed E-state index contributed by atoms with van der Waals surface area (Å²) >= 11 is 0. The first-order chi connectivity index (χ1) is 31.1. The Morgan fingerprint density at radius 2 is 1.35 bits per heavy atom. The molecule has 3 heterocycles. The van der Waals surface area contributed by atoms with Crippen molar-refractivity contribution in [1.82, 2.24) is 4.57 Å². The average molecular weight is 814 g/mol. The summed E-state index contributed by atoms with van der Waals surface area (Å²) in [6.07, 6.45) is 13.7.